The van der Waals surface area contributed by atoms with Crippen molar-refractivity contribution in [3.63, 3.8) is 0 Å². The molecular formula is C28H44ClFN4O4. The Balaban J connectivity index is 1.73. The number of nitrogens with one attached hydrogen (secondary N) is 2. The molecule has 1 aromatic carbocycles. The Morgan fingerprint density at radius 2 is 2.00 bits per heavy atom. The molecule has 1 aromatic rings. The lowest BCUT2D eigenvalue weighted by Crippen LogP contribution is -2.55. The summed E-state index contributed by atoms with van der Waals surface area (Å²) in [5.41, 5.74) is 4.81. The number of hydrogen-bond donors (Lipinski definition) is 4. The molecule has 2 fully saturated rings. The van der Waals surface area contributed by atoms with E-state index in [0.717, 1.165) is 6.42 Å². The van der Waals surface area contributed by atoms with E-state index >= 15 is 4.39 Å². The average Bonchev–Trinajstić information content (AvgIpc) is 2.92. The lowest BCUT2D eigenvalue weighted by Gasteiger charge is -2.43. The Hall–Kier alpha value is -2.10. The van der Waals surface area contributed by atoms with Crippen LogP contribution in [0.4, 0.5) is 14.0 Å². The molecule has 10 heteroatoms. The van der Waals surface area contributed by atoms with Crippen LogP contribution < -0.4 is 16.4 Å². The van der Waals surface area contributed by atoms with E-state index < -0.39 is 23.4 Å². The third-order valence-electron chi connectivity index (χ3n) is 8.25. The van der Waals surface area contributed by atoms with Gasteiger partial charge in [-0.25, -0.2) is 14.0 Å². The fraction of sp³-hybridized carbons (Fsp3) is 0.714. The number of methoxy groups -OCH3 is 1. The van der Waals surface area contributed by atoms with Crippen molar-refractivity contribution in [1.29, 1.82) is 0 Å². The topological polar surface area (TPSA) is 117 Å². The molecule has 0 radical (unpaired) electrons. The lowest BCUT2D eigenvalue weighted by molar-refractivity contribution is -0.0576. The molecule has 3 rings (SSSR count). The first-order valence-electron chi connectivity index (χ1n) is 14.0. The van der Waals surface area contributed by atoms with E-state index in [4.69, 9.17) is 17.3 Å². The van der Waals surface area contributed by atoms with Gasteiger partial charge in [0.2, 0.25) is 0 Å². The maximum Gasteiger partial charge on any atom is 0.406 e. The molecule has 8 nitrogen and oxygen atoms in total. The van der Waals surface area contributed by atoms with Crippen LogP contribution in [-0.2, 0) is 10.3 Å². The Morgan fingerprint density at radius 3 is 2.68 bits per heavy atom. The number of hydrogen-bond acceptors (Lipinski definition) is 5. The zero-order valence-corrected chi connectivity index (χ0v) is 23.4. The molecule has 1 aliphatic heterocycles. The summed E-state index contributed by atoms with van der Waals surface area (Å²) in [5, 5.41) is 17.7. The molecule has 1 saturated heterocycles. The normalized spacial score (nSPS) is 21.7. The second-order valence-electron chi connectivity index (χ2n) is 11.0. The average molecular weight is 555 g/mol. The number of likely N-dealkylation sites (tertiary alicyclic amines) is 1. The monoisotopic (exact) mass is 554 g/mol. The van der Waals surface area contributed by atoms with Crippen molar-refractivity contribution in [2.24, 2.45) is 17.6 Å². The number of urea groups is 1. The van der Waals surface area contributed by atoms with Gasteiger partial charge in [0.25, 0.3) is 0 Å². The highest BCUT2D eigenvalue weighted by Gasteiger charge is 2.43. The molecule has 38 heavy (non-hydrogen) atoms. The van der Waals surface area contributed by atoms with Gasteiger partial charge < -0.3 is 31.1 Å². The van der Waals surface area contributed by atoms with E-state index in [1.54, 1.807) is 17.0 Å². The number of nitrogens with two attached hydrogens (primary N) is 1. The summed E-state index contributed by atoms with van der Waals surface area (Å²) in [6.07, 6.45) is 8.23. The number of halogens is 2. The summed E-state index contributed by atoms with van der Waals surface area (Å²) in [5.74, 6) is -0.507. The van der Waals surface area contributed by atoms with Crippen molar-refractivity contribution in [3.05, 3.63) is 34.6 Å². The molecule has 3 amide bonds. The summed E-state index contributed by atoms with van der Waals surface area (Å²) in [6, 6.07) is 4.10. The molecule has 2 aliphatic rings. The van der Waals surface area contributed by atoms with E-state index in [9.17, 15) is 14.7 Å². The minimum atomic E-state index is -1.58. The number of rotatable bonds is 10. The van der Waals surface area contributed by atoms with Gasteiger partial charge in [-0.1, -0.05) is 55.8 Å². The van der Waals surface area contributed by atoms with Crippen LogP contribution in [0.15, 0.2) is 18.2 Å². The Morgan fingerprint density at radius 1 is 1.26 bits per heavy atom. The van der Waals surface area contributed by atoms with Gasteiger partial charge in [0.05, 0.1) is 17.7 Å². The van der Waals surface area contributed by atoms with E-state index in [1.165, 1.54) is 45.3 Å². The van der Waals surface area contributed by atoms with Gasteiger partial charge in [-0.05, 0) is 51.0 Å². The fourth-order valence-electron chi connectivity index (χ4n) is 6.01. The molecule has 4 atom stereocenters. The minimum absolute atomic E-state index is 0.0680. The highest BCUT2D eigenvalue weighted by molar-refractivity contribution is 6.30. The Kier molecular flexibility index (Phi) is 11.5. The van der Waals surface area contributed by atoms with Crippen LogP contribution in [-0.4, -0.2) is 61.0 Å². The molecular weight excluding hydrogens is 511 g/mol. The second-order valence-corrected chi connectivity index (χ2v) is 11.4. The molecule has 0 unspecified atom stereocenters. The summed E-state index contributed by atoms with van der Waals surface area (Å²) in [6.45, 7) is 3.00. The molecule has 1 heterocycles. The van der Waals surface area contributed by atoms with Crippen LogP contribution in [0, 0.1) is 17.7 Å². The van der Waals surface area contributed by atoms with Crippen molar-refractivity contribution < 1.29 is 23.8 Å². The lowest BCUT2D eigenvalue weighted by atomic mass is 9.74. The third-order valence-corrected chi connectivity index (χ3v) is 8.54. The number of ether oxygens (including phenoxy) is 1. The SMILES string of the molecule is COC(=O)NCCC[C@@](O)(c1cccc(Cl)c1F)[C@@H]1CCCN(C(=O)N[C@@H](CC2CCCCC2)[C@@H](C)N)C1. The van der Waals surface area contributed by atoms with Crippen molar-refractivity contribution in [2.75, 3.05) is 26.7 Å². The molecule has 0 spiro atoms. The van der Waals surface area contributed by atoms with Crippen LogP contribution >= 0.6 is 11.6 Å². The van der Waals surface area contributed by atoms with E-state index in [1.807, 2.05) is 6.92 Å². The van der Waals surface area contributed by atoms with Gasteiger partial charge in [0, 0.05) is 43.2 Å². The van der Waals surface area contributed by atoms with Crippen LogP contribution in [0.3, 0.4) is 0 Å². The largest absolute Gasteiger partial charge is 0.453 e. The number of carbonyl (C=O) groups excluding carboxylic acids is 2. The molecule has 0 bridgehead atoms. The van der Waals surface area contributed by atoms with Crippen LogP contribution in [0.25, 0.3) is 0 Å². The van der Waals surface area contributed by atoms with E-state index in [2.05, 4.69) is 15.4 Å². The molecule has 1 saturated carbocycles. The summed E-state index contributed by atoms with van der Waals surface area (Å²) >= 11 is 6.08. The smallest absolute Gasteiger partial charge is 0.406 e. The van der Waals surface area contributed by atoms with Crippen molar-refractivity contribution in [3.8, 4) is 0 Å². The maximum absolute atomic E-state index is 15.2. The fourth-order valence-corrected chi connectivity index (χ4v) is 6.18. The summed E-state index contributed by atoms with van der Waals surface area (Å²) < 4.78 is 19.8. The van der Waals surface area contributed by atoms with Crippen LogP contribution in [0.1, 0.15) is 76.7 Å². The van der Waals surface area contributed by atoms with Crippen LogP contribution in [0.2, 0.25) is 5.02 Å². The molecule has 214 valence electrons. The van der Waals surface area contributed by atoms with Gasteiger partial charge in [0.15, 0.2) is 0 Å². The highest BCUT2D eigenvalue weighted by Crippen LogP contribution is 2.41. The zero-order chi connectivity index (χ0) is 27.7. The minimum Gasteiger partial charge on any atom is -0.453 e. The molecule has 5 N–H and O–H groups in total. The van der Waals surface area contributed by atoms with Gasteiger partial charge in [0.1, 0.15) is 5.82 Å². The quantitative estimate of drug-likeness (QED) is 0.307. The first-order valence-corrected chi connectivity index (χ1v) is 14.3. The third kappa shape index (κ3) is 7.96. The first kappa shape index (κ1) is 30.4. The molecule has 1 aliphatic carbocycles. The second kappa shape index (κ2) is 14.3. The van der Waals surface area contributed by atoms with Crippen molar-refractivity contribution in [1.82, 2.24) is 15.5 Å². The van der Waals surface area contributed by atoms with Crippen LogP contribution in [0.5, 0.6) is 0 Å². The number of nitrogens with zero attached hydrogens (tertiary/aromatic N) is 1. The van der Waals surface area contributed by atoms with Gasteiger partial charge >= 0.3 is 12.1 Å². The van der Waals surface area contributed by atoms with E-state index in [-0.39, 0.29) is 48.2 Å². The number of amides is 3. The predicted molar refractivity (Wildman–Crippen MR) is 146 cm³/mol. The Labute approximate surface area is 230 Å². The summed E-state index contributed by atoms with van der Waals surface area (Å²) in [4.78, 5) is 26.5. The van der Waals surface area contributed by atoms with E-state index in [0.29, 0.717) is 31.7 Å². The van der Waals surface area contributed by atoms with Gasteiger partial charge in [-0.2, -0.15) is 0 Å². The van der Waals surface area contributed by atoms with Crippen molar-refractivity contribution in [2.45, 2.75) is 88.8 Å². The first-order chi connectivity index (χ1) is 18.2. The standard InChI is InChI=1S/C28H44ClFN4O4/c1-19(31)24(17-20-9-4-3-5-10-20)33-26(35)34-16-7-11-21(18-34)28(37,14-8-15-32-27(36)38-2)22-12-6-13-23(29)25(22)30/h6,12-13,19-21,24,37H,3-5,7-11,14-18,31H2,1-2H3,(H,32,36)(H,33,35)/t19-,21-,24+,28+/m1/s1. The van der Waals surface area contributed by atoms with Crippen molar-refractivity contribution >= 4 is 23.7 Å². The van der Waals surface area contributed by atoms with Gasteiger partial charge in [-0.3, -0.25) is 0 Å². The molecule has 0 aromatic heterocycles. The maximum atomic E-state index is 15.2. The predicted octanol–water partition coefficient (Wildman–Crippen LogP) is 4.91. The zero-order valence-electron chi connectivity index (χ0n) is 22.7. The highest BCUT2D eigenvalue weighted by atomic mass is 35.5. The number of alkyl carbamates (subject to hydrolysis) is 1. The number of carbonyl (C=O) groups is 2. The summed E-state index contributed by atoms with van der Waals surface area (Å²) in [7, 11) is 1.28. The Bertz CT molecular complexity index is 930. The number of aliphatic hydroxyl groups is 1. The van der Waals surface area contributed by atoms with Gasteiger partial charge in [-0.15, -0.1) is 0 Å². The number of benzene rings is 1. The number of piperidine rings is 1.